The number of hydrazone groups is 1. The normalized spacial score (nSPS) is 10.8. The van der Waals surface area contributed by atoms with Gasteiger partial charge in [0.05, 0.1) is 15.9 Å². The van der Waals surface area contributed by atoms with Gasteiger partial charge in [0.15, 0.2) is 18.9 Å². The van der Waals surface area contributed by atoms with Crippen molar-refractivity contribution < 1.29 is 14.4 Å². The SMILES string of the molecule is Br.Nc1cc[n+](C/C(=N/Nc2ccc([N+](=O)[O-])cc2[N+](=O)[O-])c2ccc(Cl)cc2)cc1. The molecule has 0 amide bonds. The van der Waals surface area contributed by atoms with Crippen molar-refractivity contribution in [3.63, 3.8) is 0 Å². The summed E-state index contributed by atoms with van der Waals surface area (Å²) in [6.45, 7) is 0.329. The highest BCUT2D eigenvalue weighted by molar-refractivity contribution is 8.93. The number of nitrogens with two attached hydrogens (primary N) is 1. The number of hydrogen-bond donors (Lipinski definition) is 2. The highest BCUT2D eigenvalue weighted by Crippen LogP contribution is 2.29. The second kappa shape index (κ2) is 10.5. The number of halogens is 2. The van der Waals surface area contributed by atoms with Gasteiger partial charge in [-0.05, 0) is 18.2 Å². The largest absolute Gasteiger partial charge is 0.398 e. The van der Waals surface area contributed by atoms with Crippen molar-refractivity contribution in [2.75, 3.05) is 11.2 Å². The van der Waals surface area contributed by atoms with Gasteiger partial charge in [0.1, 0.15) is 11.4 Å². The highest BCUT2D eigenvalue weighted by Gasteiger charge is 2.20. The summed E-state index contributed by atoms with van der Waals surface area (Å²) >= 11 is 5.96. The Morgan fingerprint density at radius 3 is 2.26 bits per heavy atom. The van der Waals surface area contributed by atoms with Gasteiger partial charge in [0, 0.05) is 34.5 Å². The zero-order valence-corrected chi connectivity index (χ0v) is 18.3. The first-order chi connectivity index (χ1) is 14.3. The van der Waals surface area contributed by atoms with Crippen LogP contribution < -0.4 is 15.7 Å². The maximum absolute atomic E-state index is 11.3. The van der Waals surface area contributed by atoms with E-state index in [1.807, 2.05) is 4.57 Å². The van der Waals surface area contributed by atoms with Crippen molar-refractivity contribution in [1.29, 1.82) is 0 Å². The Balaban J connectivity index is 0.00000341. The summed E-state index contributed by atoms with van der Waals surface area (Å²) in [5, 5.41) is 27.1. The van der Waals surface area contributed by atoms with Crippen LogP contribution in [0.5, 0.6) is 0 Å². The van der Waals surface area contributed by atoms with Gasteiger partial charge in [-0.3, -0.25) is 25.7 Å². The van der Waals surface area contributed by atoms with Gasteiger partial charge in [0.25, 0.3) is 5.69 Å². The van der Waals surface area contributed by atoms with Crippen LogP contribution in [0.3, 0.4) is 0 Å². The van der Waals surface area contributed by atoms with Crippen molar-refractivity contribution in [3.05, 3.63) is 97.8 Å². The Hall–Kier alpha value is -3.57. The van der Waals surface area contributed by atoms with E-state index in [1.54, 1.807) is 48.8 Å². The van der Waals surface area contributed by atoms with Gasteiger partial charge in [-0.1, -0.05) is 23.7 Å². The molecule has 160 valence electrons. The zero-order chi connectivity index (χ0) is 21.7. The Morgan fingerprint density at radius 1 is 1.03 bits per heavy atom. The molecule has 0 unspecified atom stereocenters. The first-order valence-corrected chi connectivity index (χ1v) is 8.97. The Bertz CT molecular complexity index is 1120. The van der Waals surface area contributed by atoms with E-state index in [9.17, 15) is 20.2 Å². The molecule has 3 aromatic rings. The van der Waals surface area contributed by atoms with E-state index in [-0.39, 0.29) is 28.4 Å². The smallest absolute Gasteiger partial charge is 0.301 e. The van der Waals surface area contributed by atoms with Crippen molar-refractivity contribution in [2.24, 2.45) is 5.10 Å². The third-order valence-corrected chi connectivity index (χ3v) is 4.38. The number of nitro groups is 2. The lowest BCUT2D eigenvalue weighted by molar-refractivity contribution is -0.681. The van der Waals surface area contributed by atoms with Crippen molar-refractivity contribution in [3.8, 4) is 0 Å². The van der Waals surface area contributed by atoms with E-state index in [0.717, 1.165) is 11.6 Å². The maximum atomic E-state index is 11.3. The molecule has 0 spiro atoms. The van der Waals surface area contributed by atoms with Crippen LogP contribution in [-0.2, 0) is 6.54 Å². The monoisotopic (exact) mass is 507 g/mol. The minimum atomic E-state index is -0.707. The second-order valence-corrected chi connectivity index (χ2v) is 6.63. The number of pyridine rings is 1. The quantitative estimate of drug-likeness (QED) is 0.213. The molecule has 3 N–H and O–H groups in total. The summed E-state index contributed by atoms with van der Waals surface area (Å²) in [4.78, 5) is 20.8. The van der Waals surface area contributed by atoms with E-state index in [4.69, 9.17) is 17.3 Å². The molecule has 2 aromatic carbocycles. The highest BCUT2D eigenvalue weighted by atomic mass is 79.9. The van der Waals surface area contributed by atoms with E-state index < -0.39 is 15.5 Å². The number of nitrogen functional groups attached to an aromatic ring is 1. The average Bonchev–Trinajstić information content (AvgIpc) is 2.73. The second-order valence-electron chi connectivity index (χ2n) is 6.20. The van der Waals surface area contributed by atoms with Crippen molar-refractivity contribution in [2.45, 2.75) is 6.54 Å². The molecule has 0 saturated heterocycles. The van der Waals surface area contributed by atoms with Crippen LogP contribution in [0.25, 0.3) is 0 Å². The lowest BCUT2D eigenvalue weighted by atomic mass is 10.1. The average molecular weight is 509 g/mol. The minimum absolute atomic E-state index is 0. The maximum Gasteiger partial charge on any atom is 0.301 e. The van der Waals surface area contributed by atoms with Crippen LogP contribution in [0, 0.1) is 20.2 Å². The summed E-state index contributed by atoms with van der Waals surface area (Å²) in [6, 6.07) is 13.7. The van der Waals surface area contributed by atoms with Gasteiger partial charge < -0.3 is 5.73 Å². The molecule has 10 nitrogen and oxygen atoms in total. The van der Waals surface area contributed by atoms with E-state index in [1.165, 1.54) is 12.1 Å². The van der Waals surface area contributed by atoms with E-state index in [2.05, 4.69) is 10.5 Å². The van der Waals surface area contributed by atoms with Crippen LogP contribution in [0.15, 0.2) is 72.1 Å². The predicted octanol–water partition coefficient (Wildman–Crippen LogP) is 4.12. The lowest BCUT2D eigenvalue weighted by Crippen LogP contribution is -2.37. The third-order valence-electron chi connectivity index (χ3n) is 4.13. The third kappa shape index (κ3) is 6.20. The summed E-state index contributed by atoms with van der Waals surface area (Å²) in [7, 11) is 0. The number of non-ortho nitro benzene ring substituents is 1. The summed E-state index contributed by atoms with van der Waals surface area (Å²) in [5.41, 5.74) is 9.46. The molecular weight excluding hydrogens is 492 g/mol. The van der Waals surface area contributed by atoms with E-state index in [0.29, 0.717) is 23.0 Å². The minimum Gasteiger partial charge on any atom is -0.398 e. The molecule has 0 saturated carbocycles. The molecule has 12 heteroatoms. The van der Waals surface area contributed by atoms with Crippen LogP contribution in [-0.4, -0.2) is 15.6 Å². The number of nitro benzene ring substituents is 2. The predicted molar refractivity (Wildman–Crippen MR) is 123 cm³/mol. The number of rotatable bonds is 7. The molecule has 0 aliphatic carbocycles. The number of benzene rings is 2. The fraction of sp³-hybridized carbons (Fsp3) is 0.0526. The molecule has 0 atom stereocenters. The number of nitrogens with zero attached hydrogens (tertiary/aromatic N) is 4. The van der Waals surface area contributed by atoms with Crippen molar-refractivity contribution >= 4 is 57.0 Å². The molecule has 0 aliphatic heterocycles. The summed E-state index contributed by atoms with van der Waals surface area (Å²) in [6.07, 6.45) is 3.55. The summed E-state index contributed by atoms with van der Waals surface area (Å²) < 4.78 is 1.83. The van der Waals surface area contributed by atoms with Gasteiger partial charge in [-0.2, -0.15) is 9.67 Å². The van der Waals surface area contributed by atoms with Crippen LogP contribution in [0.4, 0.5) is 22.7 Å². The Labute approximate surface area is 192 Å². The van der Waals surface area contributed by atoms with Gasteiger partial charge >= 0.3 is 5.69 Å². The van der Waals surface area contributed by atoms with Gasteiger partial charge in [0.2, 0.25) is 0 Å². The fourth-order valence-corrected chi connectivity index (χ4v) is 2.71. The molecule has 0 bridgehead atoms. The van der Waals surface area contributed by atoms with Crippen LogP contribution in [0.2, 0.25) is 5.02 Å². The molecular formula is C19H17BrClN6O4+. The molecule has 0 fully saturated rings. The zero-order valence-electron chi connectivity index (χ0n) is 15.8. The number of anilines is 2. The molecule has 0 radical (unpaired) electrons. The fourth-order valence-electron chi connectivity index (χ4n) is 2.59. The van der Waals surface area contributed by atoms with E-state index >= 15 is 0 Å². The first-order valence-electron chi connectivity index (χ1n) is 8.59. The van der Waals surface area contributed by atoms with Gasteiger partial charge in [-0.25, -0.2) is 0 Å². The van der Waals surface area contributed by atoms with Crippen molar-refractivity contribution in [1.82, 2.24) is 0 Å². The van der Waals surface area contributed by atoms with Crippen LogP contribution in [0.1, 0.15) is 5.56 Å². The number of hydrogen-bond acceptors (Lipinski definition) is 7. The first kappa shape index (κ1) is 23.7. The number of nitrogens with one attached hydrogen (secondary N) is 1. The Kier molecular flexibility index (Phi) is 8.00. The molecule has 31 heavy (non-hydrogen) atoms. The number of aromatic nitrogens is 1. The molecule has 0 aliphatic rings. The standard InChI is InChI=1S/C19H15ClN6O4.BrH/c20-14-3-1-13(2-4-14)18(12-24-9-7-15(21)8-10-24)23-22-17-6-5-16(25(27)28)11-19(17)26(29)30;/h1-11,21-22H,12H2;1H/p+1/b23-18-;. The lowest BCUT2D eigenvalue weighted by Gasteiger charge is -2.07. The molecule has 3 rings (SSSR count). The van der Waals surface area contributed by atoms with Gasteiger partial charge in [-0.15, -0.1) is 17.0 Å². The molecule has 1 aromatic heterocycles. The molecule has 1 heterocycles. The van der Waals surface area contributed by atoms with Crippen LogP contribution >= 0.6 is 28.6 Å². The summed E-state index contributed by atoms with van der Waals surface area (Å²) in [5.74, 6) is 0. The topological polar surface area (TPSA) is 141 Å². The Morgan fingerprint density at radius 2 is 1.68 bits per heavy atom.